The minimum absolute atomic E-state index is 0.321. The average Bonchev–Trinajstić information content (AvgIpc) is 2.46. The summed E-state index contributed by atoms with van der Waals surface area (Å²) >= 11 is 0. The largest absolute Gasteiger partial charge is 0.481 e. The van der Waals surface area contributed by atoms with Gasteiger partial charge in [-0.15, -0.1) is 0 Å². The van der Waals surface area contributed by atoms with Crippen molar-refractivity contribution in [1.29, 1.82) is 0 Å². The SMILES string of the molecule is CCCC/C=C/C=C/C=C/CCCCCCCCC(=O)O. The van der Waals surface area contributed by atoms with Crippen molar-refractivity contribution in [2.24, 2.45) is 0 Å². The van der Waals surface area contributed by atoms with E-state index in [1.807, 2.05) is 0 Å². The first-order valence-corrected chi connectivity index (χ1v) is 8.47. The van der Waals surface area contributed by atoms with Gasteiger partial charge in [0.2, 0.25) is 0 Å². The van der Waals surface area contributed by atoms with Crippen LogP contribution in [0.5, 0.6) is 0 Å². The molecule has 0 aromatic rings. The van der Waals surface area contributed by atoms with E-state index in [1.165, 1.54) is 44.9 Å². The highest BCUT2D eigenvalue weighted by Crippen LogP contribution is 2.08. The lowest BCUT2D eigenvalue weighted by atomic mass is 10.1. The third-order valence-corrected chi connectivity index (χ3v) is 3.34. The molecule has 0 heterocycles. The van der Waals surface area contributed by atoms with Crippen molar-refractivity contribution in [3.05, 3.63) is 36.5 Å². The normalized spacial score (nSPS) is 12.0. The Balaban J connectivity index is 3.27. The zero-order valence-electron chi connectivity index (χ0n) is 13.6. The van der Waals surface area contributed by atoms with E-state index < -0.39 is 5.97 Å². The fourth-order valence-electron chi connectivity index (χ4n) is 2.05. The van der Waals surface area contributed by atoms with Crippen molar-refractivity contribution >= 4 is 5.97 Å². The van der Waals surface area contributed by atoms with Crippen molar-refractivity contribution < 1.29 is 9.90 Å². The van der Waals surface area contributed by atoms with Crippen molar-refractivity contribution in [3.63, 3.8) is 0 Å². The molecule has 0 aromatic heterocycles. The predicted octanol–water partition coefficient (Wildman–Crippen LogP) is 6.05. The lowest BCUT2D eigenvalue weighted by molar-refractivity contribution is -0.137. The van der Waals surface area contributed by atoms with E-state index in [0.717, 1.165) is 19.3 Å². The topological polar surface area (TPSA) is 37.3 Å². The maximum atomic E-state index is 10.3. The zero-order valence-corrected chi connectivity index (χ0v) is 13.6. The summed E-state index contributed by atoms with van der Waals surface area (Å²) in [5.74, 6) is -0.673. The lowest BCUT2D eigenvalue weighted by Crippen LogP contribution is -1.93. The summed E-state index contributed by atoms with van der Waals surface area (Å²) < 4.78 is 0. The summed E-state index contributed by atoms with van der Waals surface area (Å²) in [6.07, 6.45) is 24.8. The summed E-state index contributed by atoms with van der Waals surface area (Å²) in [5.41, 5.74) is 0. The molecule has 120 valence electrons. The van der Waals surface area contributed by atoms with E-state index >= 15 is 0 Å². The van der Waals surface area contributed by atoms with Crippen LogP contribution in [0.3, 0.4) is 0 Å². The first-order chi connectivity index (χ1) is 10.3. The molecule has 0 rings (SSSR count). The number of hydrogen-bond donors (Lipinski definition) is 1. The van der Waals surface area contributed by atoms with Crippen LogP contribution in [0.25, 0.3) is 0 Å². The van der Waals surface area contributed by atoms with Crippen molar-refractivity contribution in [2.75, 3.05) is 0 Å². The predicted molar refractivity (Wildman–Crippen MR) is 91.5 cm³/mol. The number of carboxylic acid groups (broad SMARTS) is 1. The molecule has 0 aromatic carbocycles. The Morgan fingerprint density at radius 1 is 0.762 bits per heavy atom. The molecule has 0 aliphatic heterocycles. The quantitative estimate of drug-likeness (QED) is 0.312. The molecule has 0 spiro atoms. The van der Waals surface area contributed by atoms with Crippen LogP contribution in [-0.4, -0.2) is 11.1 Å². The second kappa shape index (κ2) is 16.7. The minimum atomic E-state index is -0.673. The molecule has 21 heavy (non-hydrogen) atoms. The Morgan fingerprint density at radius 3 is 1.86 bits per heavy atom. The molecule has 2 heteroatoms. The molecule has 0 atom stereocenters. The molecular weight excluding hydrogens is 260 g/mol. The molecule has 0 saturated carbocycles. The molecule has 0 unspecified atom stereocenters. The molecular formula is C19H32O2. The monoisotopic (exact) mass is 292 g/mol. The van der Waals surface area contributed by atoms with Gasteiger partial charge in [0.25, 0.3) is 0 Å². The fraction of sp³-hybridized carbons (Fsp3) is 0.632. The third kappa shape index (κ3) is 18.7. The van der Waals surface area contributed by atoms with E-state index in [-0.39, 0.29) is 0 Å². The molecule has 0 bridgehead atoms. The summed E-state index contributed by atoms with van der Waals surface area (Å²) in [6, 6.07) is 0. The molecule has 1 N–H and O–H groups in total. The van der Waals surface area contributed by atoms with Gasteiger partial charge in [-0.3, -0.25) is 4.79 Å². The minimum Gasteiger partial charge on any atom is -0.481 e. The van der Waals surface area contributed by atoms with E-state index in [2.05, 4.69) is 43.4 Å². The highest BCUT2D eigenvalue weighted by Gasteiger charge is 1.95. The van der Waals surface area contributed by atoms with E-state index in [1.54, 1.807) is 0 Å². The van der Waals surface area contributed by atoms with Crippen LogP contribution in [0.4, 0.5) is 0 Å². The highest BCUT2D eigenvalue weighted by molar-refractivity contribution is 5.66. The summed E-state index contributed by atoms with van der Waals surface area (Å²) in [6.45, 7) is 2.21. The smallest absolute Gasteiger partial charge is 0.303 e. The standard InChI is InChI=1S/C19H32O2/c1-2-3-4-5-6-7-8-9-10-11-12-13-14-15-16-17-18-19(20)21/h5-10H,2-4,11-18H2,1H3,(H,20,21)/b6-5+,8-7+,10-9+. The second-order valence-electron chi connectivity index (χ2n) is 5.44. The number of unbranched alkanes of at least 4 members (excludes halogenated alkanes) is 8. The van der Waals surface area contributed by atoms with E-state index in [4.69, 9.17) is 5.11 Å². The van der Waals surface area contributed by atoms with Crippen molar-refractivity contribution in [2.45, 2.75) is 77.6 Å². The van der Waals surface area contributed by atoms with Gasteiger partial charge >= 0.3 is 5.97 Å². The number of aliphatic carboxylic acids is 1. The molecule has 2 nitrogen and oxygen atoms in total. The first kappa shape index (κ1) is 19.7. The lowest BCUT2D eigenvalue weighted by Gasteiger charge is -1.99. The van der Waals surface area contributed by atoms with Gasteiger partial charge in [-0.1, -0.05) is 81.9 Å². The maximum absolute atomic E-state index is 10.3. The Labute approximate surface area is 130 Å². The Bertz CT molecular complexity index is 314. The third-order valence-electron chi connectivity index (χ3n) is 3.34. The van der Waals surface area contributed by atoms with Crippen LogP contribution < -0.4 is 0 Å². The van der Waals surface area contributed by atoms with Gasteiger partial charge in [0, 0.05) is 6.42 Å². The Hall–Kier alpha value is -1.31. The van der Waals surface area contributed by atoms with Gasteiger partial charge in [-0.05, 0) is 25.7 Å². The van der Waals surface area contributed by atoms with Gasteiger partial charge < -0.3 is 5.11 Å². The molecule has 0 amide bonds. The van der Waals surface area contributed by atoms with Crippen molar-refractivity contribution in [3.8, 4) is 0 Å². The molecule has 0 radical (unpaired) electrons. The molecule has 0 fully saturated rings. The van der Waals surface area contributed by atoms with Crippen LogP contribution >= 0.6 is 0 Å². The van der Waals surface area contributed by atoms with Crippen molar-refractivity contribution in [1.82, 2.24) is 0 Å². The summed E-state index contributed by atoms with van der Waals surface area (Å²) in [4.78, 5) is 10.3. The van der Waals surface area contributed by atoms with Gasteiger partial charge in [0.1, 0.15) is 0 Å². The van der Waals surface area contributed by atoms with Crippen LogP contribution in [-0.2, 0) is 4.79 Å². The first-order valence-electron chi connectivity index (χ1n) is 8.47. The number of allylic oxidation sites excluding steroid dienone is 6. The number of carbonyl (C=O) groups is 1. The van der Waals surface area contributed by atoms with Crippen LogP contribution in [0.1, 0.15) is 77.6 Å². The highest BCUT2D eigenvalue weighted by atomic mass is 16.4. The van der Waals surface area contributed by atoms with Crippen LogP contribution in [0, 0.1) is 0 Å². The maximum Gasteiger partial charge on any atom is 0.303 e. The van der Waals surface area contributed by atoms with Crippen LogP contribution in [0.15, 0.2) is 36.5 Å². The second-order valence-corrected chi connectivity index (χ2v) is 5.44. The van der Waals surface area contributed by atoms with Gasteiger partial charge in [0.15, 0.2) is 0 Å². The van der Waals surface area contributed by atoms with Gasteiger partial charge in [0.05, 0.1) is 0 Å². The molecule has 0 aliphatic rings. The van der Waals surface area contributed by atoms with E-state index in [0.29, 0.717) is 6.42 Å². The van der Waals surface area contributed by atoms with E-state index in [9.17, 15) is 4.79 Å². The molecule has 0 aliphatic carbocycles. The fourth-order valence-corrected chi connectivity index (χ4v) is 2.05. The molecule has 0 saturated heterocycles. The Kier molecular flexibility index (Phi) is 15.7. The van der Waals surface area contributed by atoms with Gasteiger partial charge in [-0.2, -0.15) is 0 Å². The van der Waals surface area contributed by atoms with Crippen LogP contribution in [0.2, 0.25) is 0 Å². The number of hydrogen-bond acceptors (Lipinski definition) is 1. The number of carboxylic acids is 1. The number of rotatable bonds is 14. The van der Waals surface area contributed by atoms with Gasteiger partial charge in [-0.25, -0.2) is 0 Å². The summed E-state index contributed by atoms with van der Waals surface area (Å²) in [5, 5.41) is 8.51. The summed E-state index contributed by atoms with van der Waals surface area (Å²) in [7, 11) is 0. The zero-order chi connectivity index (χ0) is 15.6. The average molecular weight is 292 g/mol. The Morgan fingerprint density at radius 2 is 1.29 bits per heavy atom.